The number of hydroxylamine groups is 2. The SMILES string of the molecule is Cc1ccc(S(=O)(=O)NC(=O)C(c2ccc3c(c2)OCO3)c2cn(C)c3cc(C(=O)N(C)OO)ccc23)cc1. The van der Waals surface area contributed by atoms with Crippen LogP contribution in [0.15, 0.2) is 71.8 Å². The Bertz CT molecular complexity index is 1700. The lowest BCUT2D eigenvalue weighted by atomic mass is 9.90. The first-order chi connectivity index (χ1) is 18.6. The van der Waals surface area contributed by atoms with Crippen molar-refractivity contribution < 1.29 is 37.7 Å². The van der Waals surface area contributed by atoms with E-state index in [0.29, 0.717) is 38.6 Å². The first-order valence-corrected chi connectivity index (χ1v) is 13.3. The van der Waals surface area contributed by atoms with Crippen molar-refractivity contribution >= 4 is 32.7 Å². The topological polar surface area (TPSA) is 136 Å². The normalized spacial score (nSPS) is 13.3. The van der Waals surface area contributed by atoms with E-state index in [1.54, 1.807) is 60.3 Å². The number of nitrogens with one attached hydrogen (secondary N) is 1. The van der Waals surface area contributed by atoms with Crippen LogP contribution >= 0.6 is 0 Å². The average Bonchev–Trinajstić information content (AvgIpc) is 3.51. The Morgan fingerprint density at radius 1 is 1.05 bits per heavy atom. The number of fused-ring (bicyclic) bond motifs is 2. The predicted octanol–water partition coefficient (Wildman–Crippen LogP) is 3.33. The Hall–Kier alpha value is -4.39. The molecule has 2 heterocycles. The third-order valence-corrected chi connectivity index (χ3v) is 7.91. The molecule has 0 fully saturated rings. The van der Waals surface area contributed by atoms with E-state index in [1.807, 2.05) is 6.92 Å². The molecule has 202 valence electrons. The minimum absolute atomic E-state index is 0.0362. The summed E-state index contributed by atoms with van der Waals surface area (Å²) in [6, 6.07) is 15.9. The predicted molar refractivity (Wildman–Crippen MR) is 140 cm³/mol. The van der Waals surface area contributed by atoms with Crippen LogP contribution in [-0.4, -0.2) is 49.0 Å². The molecule has 0 aliphatic carbocycles. The van der Waals surface area contributed by atoms with Gasteiger partial charge < -0.3 is 14.0 Å². The van der Waals surface area contributed by atoms with Crippen LogP contribution < -0.4 is 14.2 Å². The Morgan fingerprint density at radius 2 is 1.77 bits per heavy atom. The van der Waals surface area contributed by atoms with Crippen molar-refractivity contribution in [1.82, 2.24) is 14.4 Å². The fourth-order valence-corrected chi connectivity index (χ4v) is 5.52. The molecule has 3 aromatic carbocycles. The summed E-state index contributed by atoms with van der Waals surface area (Å²) >= 11 is 0. The lowest BCUT2D eigenvalue weighted by Crippen LogP contribution is -2.35. The number of aryl methyl sites for hydroxylation is 2. The molecular weight excluding hydrogens is 526 g/mol. The van der Waals surface area contributed by atoms with Gasteiger partial charge in [-0.05, 0) is 54.4 Å². The standard InChI is InChI=1S/C27H25N3O8S/c1-16-4-8-19(9-5-16)39(34,35)28-26(31)25(17-7-11-23-24(13-17)37-15-36-23)21-14-29(2)22-12-18(6-10-20(21)22)27(32)30(3)38-33/h4-14,25,33H,15H2,1-3H3,(H,28,31). The zero-order valence-corrected chi connectivity index (χ0v) is 22.1. The number of carbonyl (C=O) groups is 2. The van der Waals surface area contributed by atoms with E-state index >= 15 is 0 Å². The zero-order valence-electron chi connectivity index (χ0n) is 21.2. The zero-order chi connectivity index (χ0) is 27.9. The summed E-state index contributed by atoms with van der Waals surface area (Å²) in [7, 11) is -1.17. The highest BCUT2D eigenvalue weighted by molar-refractivity contribution is 7.90. The number of ether oxygens (including phenoxy) is 2. The van der Waals surface area contributed by atoms with Crippen molar-refractivity contribution in [2.75, 3.05) is 13.8 Å². The van der Waals surface area contributed by atoms with Crippen LogP contribution in [0.4, 0.5) is 0 Å². The summed E-state index contributed by atoms with van der Waals surface area (Å²) in [5, 5.41) is 10.1. The molecule has 0 spiro atoms. The van der Waals surface area contributed by atoms with E-state index in [9.17, 15) is 18.0 Å². The third-order valence-electron chi connectivity index (χ3n) is 6.55. The van der Waals surface area contributed by atoms with Crippen LogP contribution in [0.1, 0.15) is 33.0 Å². The van der Waals surface area contributed by atoms with Crippen molar-refractivity contribution in [2.45, 2.75) is 17.7 Å². The molecule has 0 saturated heterocycles. The molecule has 1 atom stereocenters. The highest BCUT2D eigenvalue weighted by Gasteiger charge is 2.31. The van der Waals surface area contributed by atoms with Gasteiger partial charge in [0.2, 0.25) is 12.7 Å². The molecule has 1 aromatic heterocycles. The van der Waals surface area contributed by atoms with Crippen molar-refractivity contribution in [1.29, 1.82) is 0 Å². The van der Waals surface area contributed by atoms with Gasteiger partial charge in [-0.1, -0.05) is 29.8 Å². The van der Waals surface area contributed by atoms with Gasteiger partial charge in [0.1, 0.15) is 0 Å². The van der Waals surface area contributed by atoms with E-state index in [4.69, 9.17) is 14.7 Å². The second-order valence-electron chi connectivity index (χ2n) is 9.14. The summed E-state index contributed by atoms with van der Waals surface area (Å²) in [4.78, 5) is 30.2. The molecule has 1 aliphatic heterocycles. The summed E-state index contributed by atoms with van der Waals surface area (Å²) in [5.41, 5.74) is 2.70. The Labute approximate surface area is 224 Å². The number of amides is 2. The minimum atomic E-state index is -4.18. The number of carbonyl (C=O) groups excluding carboxylic acids is 2. The van der Waals surface area contributed by atoms with Crippen LogP contribution in [0.2, 0.25) is 0 Å². The Balaban J connectivity index is 1.60. The maximum atomic E-state index is 13.8. The molecule has 1 unspecified atom stereocenters. The van der Waals surface area contributed by atoms with Crippen molar-refractivity contribution in [3.05, 3.63) is 89.1 Å². The monoisotopic (exact) mass is 551 g/mol. The van der Waals surface area contributed by atoms with E-state index in [0.717, 1.165) is 5.56 Å². The summed E-state index contributed by atoms with van der Waals surface area (Å²) in [6.07, 6.45) is 1.71. The number of hydrogen-bond donors (Lipinski definition) is 2. The van der Waals surface area contributed by atoms with Gasteiger partial charge in [-0.3, -0.25) is 9.59 Å². The molecule has 12 heteroatoms. The van der Waals surface area contributed by atoms with Gasteiger partial charge in [0, 0.05) is 36.8 Å². The van der Waals surface area contributed by atoms with Crippen LogP contribution in [-0.2, 0) is 26.9 Å². The number of benzene rings is 3. The van der Waals surface area contributed by atoms with Crippen LogP contribution in [0, 0.1) is 6.92 Å². The fraction of sp³-hybridized carbons (Fsp3) is 0.185. The largest absolute Gasteiger partial charge is 0.454 e. The van der Waals surface area contributed by atoms with E-state index in [2.05, 4.69) is 9.71 Å². The van der Waals surface area contributed by atoms with Gasteiger partial charge in [0.25, 0.3) is 15.9 Å². The van der Waals surface area contributed by atoms with E-state index < -0.39 is 27.8 Å². The Morgan fingerprint density at radius 3 is 2.49 bits per heavy atom. The van der Waals surface area contributed by atoms with Gasteiger partial charge >= 0.3 is 0 Å². The molecular formula is C27H25N3O8S. The summed E-state index contributed by atoms with van der Waals surface area (Å²) in [5.74, 6) is -1.46. The third kappa shape index (κ3) is 4.92. The number of sulfonamides is 1. The smallest absolute Gasteiger partial charge is 0.279 e. The van der Waals surface area contributed by atoms with Crippen LogP contribution in [0.25, 0.3) is 10.9 Å². The van der Waals surface area contributed by atoms with Crippen molar-refractivity contribution in [3.8, 4) is 11.5 Å². The molecule has 39 heavy (non-hydrogen) atoms. The summed E-state index contributed by atoms with van der Waals surface area (Å²) in [6.45, 7) is 1.87. The second-order valence-corrected chi connectivity index (χ2v) is 10.8. The first kappa shape index (κ1) is 26.2. The first-order valence-electron chi connectivity index (χ1n) is 11.8. The lowest BCUT2D eigenvalue weighted by molar-refractivity contribution is -0.364. The molecule has 4 aromatic rings. The van der Waals surface area contributed by atoms with Gasteiger partial charge in [-0.2, -0.15) is 5.06 Å². The van der Waals surface area contributed by atoms with E-state index in [1.165, 1.54) is 25.2 Å². The molecule has 2 N–H and O–H groups in total. The number of rotatable bonds is 7. The van der Waals surface area contributed by atoms with Crippen LogP contribution in [0.5, 0.6) is 11.5 Å². The quantitative estimate of drug-likeness (QED) is 0.264. The van der Waals surface area contributed by atoms with E-state index in [-0.39, 0.29) is 17.3 Å². The highest BCUT2D eigenvalue weighted by atomic mass is 32.2. The molecule has 5 rings (SSSR count). The van der Waals surface area contributed by atoms with Gasteiger partial charge in [-0.25, -0.2) is 18.4 Å². The maximum Gasteiger partial charge on any atom is 0.279 e. The van der Waals surface area contributed by atoms with Crippen molar-refractivity contribution in [3.63, 3.8) is 0 Å². The molecule has 0 saturated carbocycles. The van der Waals surface area contributed by atoms with Crippen LogP contribution in [0.3, 0.4) is 0 Å². The summed E-state index contributed by atoms with van der Waals surface area (Å²) < 4.78 is 41.1. The number of hydrogen-bond acceptors (Lipinski definition) is 8. The van der Waals surface area contributed by atoms with Gasteiger partial charge in [-0.15, -0.1) is 4.99 Å². The fourth-order valence-electron chi connectivity index (χ4n) is 4.53. The average molecular weight is 552 g/mol. The van der Waals surface area contributed by atoms with Gasteiger partial charge in [0.15, 0.2) is 11.5 Å². The molecule has 0 bridgehead atoms. The molecule has 0 radical (unpaired) electrons. The minimum Gasteiger partial charge on any atom is -0.454 e. The molecule has 1 aliphatic rings. The maximum absolute atomic E-state index is 13.8. The lowest BCUT2D eigenvalue weighted by Gasteiger charge is -2.18. The van der Waals surface area contributed by atoms with Crippen molar-refractivity contribution in [2.24, 2.45) is 7.05 Å². The molecule has 2 amide bonds. The molecule has 11 nitrogen and oxygen atoms in total. The Kier molecular flexibility index (Phi) is 6.76. The number of nitrogens with zero attached hydrogens (tertiary/aromatic N) is 2. The number of aromatic nitrogens is 1. The highest BCUT2D eigenvalue weighted by Crippen LogP contribution is 2.39. The van der Waals surface area contributed by atoms with Gasteiger partial charge in [0.05, 0.1) is 10.8 Å². The second kappa shape index (κ2) is 10.1.